The van der Waals surface area contributed by atoms with Crippen molar-refractivity contribution in [2.24, 2.45) is 0 Å². The summed E-state index contributed by atoms with van der Waals surface area (Å²) < 4.78 is 5.57. The monoisotopic (exact) mass is 332 g/mol. The lowest BCUT2D eigenvalue weighted by Crippen LogP contribution is -2.10. The molecule has 4 nitrogen and oxygen atoms in total. The van der Waals surface area contributed by atoms with Crippen molar-refractivity contribution in [1.29, 1.82) is 0 Å². The molecule has 112 valence electrons. The van der Waals surface area contributed by atoms with Crippen LogP contribution in [0.3, 0.4) is 0 Å². The van der Waals surface area contributed by atoms with E-state index in [-0.39, 0.29) is 11.7 Å². The fraction of sp³-hybridized carbons (Fsp3) is 0.250. The van der Waals surface area contributed by atoms with Crippen molar-refractivity contribution >= 4 is 44.9 Å². The van der Waals surface area contributed by atoms with Gasteiger partial charge in [-0.2, -0.15) is 0 Å². The van der Waals surface area contributed by atoms with Gasteiger partial charge in [0.2, 0.25) is 0 Å². The second kappa shape index (κ2) is 5.41. The molecule has 3 aromatic rings. The van der Waals surface area contributed by atoms with E-state index in [1.54, 1.807) is 35.6 Å². The van der Waals surface area contributed by atoms with Crippen molar-refractivity contribution < 1.29 is 9.21 Å². The molecule has 0 atom stereocenters. The van der Waals surface area contributed by atoms with Crippen LogP contribution in [0.5, 0.6) is 0 Å². The van der Waals surface area contributed by atoms with Gasteiger partial charge in [-0.05, 0) is 49.9 Å². The molecule has 0 fully saturated rings. The van der Waals surface area contributed by atoms with Crippen LogP contribution in [0.4, 0.5) is 5.13 Å². The van der Waals surface area contributed by atoms with Crippen molar-refractivity contribution in [2.75, 3.05) is 5.32 Å². The zero-order chi connectivity index (χ0) is 15.1. The van der Waals surface area contributed by atoms with E-state index >= 15 is 0 Å². The van der Waals surface area contributed by atoms with Gasteiger partial charge in [-0.3, -0.25) is 10.1 Å². The SMILES string of the molecule is O=C(Nc1nc2c(s1)CCCC2)c1cc2cc(Cl)ccc2o1. The number of halogens is 1. The van der Waals surface area contributed by atoms with Gasteiger partial charge in [-0.1, -0.05) is 11.6 Å². The van der Waals surface area contributed by atoms with Crippen LogP contribution in [0.2, 0.25) is 5.02 Å². The average molecular weight is 333 g/mol. The second-order valence-electron chi connectivity index (χ2n) is 5.34. The molecule has 0 bridgehead atoms. The number of thiazole rings is 1. The van der Waals surface area contributed by atoms with Crippen LogP contribution in [0.1, 0.15) is 34.0 Å². The van der Waals surface area contributed by atoms with E-state index in [0.717, 1.165) is 23.9 Å². The van der Waals surface area contributed by atoms with Gasteiger partial charge >= 0.3 is 0 Å². The van der Waals surface area contributed by atoms with E-state index in [0.29, 0.717) is 15.7 Å². The first-order valence-corrected chi connectivity index (χ1v) is 8.37. The van der Waals surface area contributed by atoms with E-state index < -0.39 is 0 Å². The molecule has 0 unspecified atom stereocenters. The van der Waals surface area contributed by atoms with Gasteiger partial charge in [0.05, 0.1) is 5.69 Å². The number of carbonyl (C=O) groups is 1. The Hall–Kier alpha value is -1.85. The van der Waals surface area contributed by atoms with Crippen LogP contribution in [0.15, 0.2) is 28.7 Å². The van der Waals surface area contributed by atoms with Crippen LogP contribution >= 0.6 is 22.9 Å². The molecule has 0 radical (unpaired) electrons. The van der Waals surface area contributed by atoms with Crippen molar-refractivity contribution in [2.45, 2.75) is 25.7 Å². The zero-order valence-electron chi connectivity index (χ0n) is 11.7. The summed E-state index contributed by atoms with van der Waals surface area (Å²) in [5.41, 5.74) is 1.77. The maximum Gasteiger partial charge on any atom is 0.293 e. The molecule has 0 saturated carbocycles. The number of furan rings is 1. The number of amides is 1. The van der Waals surface area contributed by atoms with Crippen molar-refractivity contribution in [3.63, 3.8) is 0 Å². The normalized spacial score (nSPS) is 14.0. The first kappa shape index (κ1) is 13.8. The van der Waals surface area contributed by atoms with Crippen LogP contribution in [0, 0.1) is 0 Å². The number of rotatable bonds is 2. The minimum Gasteiger partial charge on any atom is -0.451 e. The fourth-order valence-electron chi connectivity index (χ4n) is 2.69. The third-order valence-electron chi connectivity index (χ3n) is 3.77. The van der Waals surface area contributed by atoms with Gasteiger partial charge in [-0.15, -0.1) is 11.3 Å². The third-order valence-corrected chi connectivity index (χ3v) is 5.08. The fourth-order valence-corrected chi connectivity index (χ4v) is 3.92. The smallest absolute Gasteiger partial charge is 0.293 e. The predicted octanol–water partition coefficient (Wildman–Crippen LogP) is 4.67. The summed E-state index contributed by atoms with van der Waals surface area (Å²) in [6.07, 6.45) is 4.44. The van der Waals surface area contributed by atoms with Crippen molar-refractivity contribution in [3.05, 3.63) is 45.6 Å². The predicted molar refractivity (Wildman–Crippen MR) is 87.9 cm³/mol. The Kier molecular flexibility index (Phi) is 3.39. The number of aryl methyl sites for hydroxylation is 2. The molecule has 4 rings (SSSR count). The van der Waals surface area contributed by atoms with Gasteiger partial charge in [0.25, 0.3) is 5.91 Å². The molecule has 2 heterocycles. The third kappa shape index (κ3) is 2.51. The Labute approximate surface area is 136 Å². The van der Waals surface area contributed by atoms with Crippen LogP contribution < -0.4 is 5.32 Å². The van der Waals surface area contributed by atoms with E-state index in [2.05, 4.69) is 10.3 Å². The van der Waals surface area contributed by atoms with E-state index in [1.807, 2.05) is 0 Å². The summed E-state index contributed by atoms with van der Waals surface area (Å²) in [5.74, 6) is -0.0103. The minimum atomic E-state index is -0.279. The molecular formula is C16H13ClN2O2S. The molecule has 1 aliphatic carbocycles. The molecular weight excluding hydrogens is 320 g/mol. The highest BCUT2D eigenvalue weighted by molar-refractivity contribution is 7.15. The van der Waals surface area contributed by atoms with Gasteiger partial charge in [0.15, 0.2) is 10.9 Å². The summed E-state index contributed by atoms with van der Waals surface area (Å²) in [6, 6.07) is 6.98. The number of fused-ring (bicyclic) bond motifs is 2. The number of benzene rings is 1. The molecule has 0 aliphatic heterocycles. The van der Waals surface area contributed by atoms with Crippen LogP contribution in [-0.4, -0.2) is 10.9 Å². The Morgan fingerprint density at radius 2 is 2.14 bits per heavy atom. The Balaban J connectivity index is 1.59. The summed E-state index contributed by atoms with van der Waals surface area (Å²) in [6.45, 7) is 0. The number of aromatic nitrogens is 1. The van der Waals surface area contributed by atoms with Crippen molar-refractivity contribution in [1.82, 2.24) is 4.98 Å². The van der Waals surface area contributed by atoms with Crippen LogP contribution in [0.25, 0.3) is 11.0 Å². The topological polar surface area (TPSA) is 55.1 Å². The molecule has 1 aromatic carbocycles. The second-order valence-corrected chi connectivity index (χ2v) is 6.86. The van der Waals surface area contributed by atoms with Gasteiger partial charge in [-0.25, -0.2) is 4.98 Å². The quantitative estimate of drug-likeness (QED) is 0.741. The number of nitrogens with one attached hydrogen (secondary N) is 1. The number of nitrogens with zero attached hydrogens (tertiary/aromatic N) is 1. The minimum absolute atomic E-state index is 0.269. The summed E-state index contributed by atoms with van der Waals surface area (Å²) >= 11 is 7.51. The van der Waals surface area contributed by atoms with Crippen LogP contribution in [-0.2, 0) is 12.8 Å². The summed E-state index contributed by atoms with van der Waals surface area (Å²) in [7, 11) is 0. The molecule has 1 N–H and O–H groups in total. The van der Waals surface area contributed by atoms with Gasteiger partial charge < -0.3 is 4.42 Å². The zero-order valence-corrected chi connectivity index (χ0v) is 13.3. The molecule has 2 aromatic heterocycles. The van der Waals surface area contributed by atoms with Crippen molar-refractivity contribution in [3.8, 4) is 0 Å². The molecule has 6 heteroatoms. The lowest BCUT2D eigenvalue weighted by molar-refractivity contribution is 0.0998. The Morgan fingerprint density at radius 1 is 1.27 bits per heavy atom. The Morgan fingerprint density at radius 3 is 3.00 bits per heavy atom. The van der Waals surface area contributed by atoms with Gasteiger partial charge in [0, 0.05) is 15.3 Å². The average Bonchev–Trinajstić information content (AvgIpc) is 3.09. The first-order valence-electron chi connectivity index (χ1n) is 7.18. The Bertz CT molecular complexity index is 845. The maximum absolute atomic E-state index is 12.3. The standard InChI is InChI=1S/C16H13ClN2O2S/c17-10-5-6-12-9(7-10)8-13(21-12)15(20)19-16-18-11-3-1-2-4-14(11)22-16/h5-8H,1-4H2,(H,18,19,20). The highest BCUT2D eigenvalue weighted by Crippen LogP contribution is 2.30. The lowest BCUT2D eigenvalue weighted by Gasteiger charge is -2.06. The molecule has 1 amide bonds. The molecule has 0 spiro atoms. The van der Waals surface area contributed by atoms with E-state index in [4.69, 9.17) is 16.0 Å². The number of anilines is 1. The number of carbonyl (C=O) groups excluding carboxylic acids is 1. The number of hydrogen-bond acceptors (Lipinski definition) is 4. The summed E-state index contributed by atoms with van der Waals surface area (Å²) in [5, 5.41) is 4.92. The molecule has 0 saturated heterocycles. The molecule has 22 heavy (non-hydrogen) atoms. The van der Waals surface area contributed by atoms with E-state index in [9.17, 15) is 4.79 Å². The first-order chi connectivity index (χ1) is 10.7. The van der Waals surface area contributed by atoms with E-state index in [1.165, 1.54) is 17.7 Å². The number of hydrogen-bond donors (Lipinski definition) is 1. The molecule has 1 aliphatic rings. The highest BCUT2D eigenvalue weighted by atomic mass is 35.5. The highest BCUT2D eigenvalue weighted by Gasteiger charge is 2.18. The maximum atomic E-state index is 12.3. The largest absolute Gasteiger partial charge is 0.451 e. The van der Waals surface area contributed by atoms with Gasteiger partial charge in [0.1, 0.15) is 5.58 Å². The lowest BCUT2D eigenvalue weighted by atomic mass is 10.0. The summed E-state index contributed by atoms with van der Waals surface area (Å²) in [4.78, 5) is 18.1.